The van der Waals surface area contributed by atoms with Crippen LogP contribution in [0.25, 0.3) is 0 Å². The SMILES string of the molecule is C#CCOC(COCc1ccccc1)C(=O)NCCc1ccc(OC(C)C)c(OC)c1. The number of nitrogens with one attached hydrogen (secondary N) is 1. The molecule has 0 saturated carbocycles. The number of rotatable bonds is 13. The summed E-state index contributed by atoms with van der Waals surface area (Å²) >= 11 is 0. The van der Waals surface area contributed by atoms with Crippen LogP contribution >= 0.6 is 0 Å². The molecule has 2 aromatic rings. The number of benzene rings is 2. The molecular weight excluding hydrogens is 394 g/mol. The summed E-state index contributed by atoms with van der Waals surface area (Å²) in [5, 5.41) is 2.89. The Balaban J connectivity index is 1.85. The lowest BCUT2D eigenvalue weighted by Gasteiger charge is -2.17. The molecule has 0 saturated heterocycles. The lowest BCUT2D eigenvalue weighted by atomic mass is 10.1. The van der Waals surface area contributed by atoms with E-state index in [2.05, 4.69) is 11.2 Å². The smallest absolute Gasteiger partial charge is 0.251 e. The van der Waals surface area contributed by atoms with Gasteiger partial charge in [0.25, 0.3) is 5.91 Å². The van der Waals surface area contributed by atoms with Gasteiger partial charge in [-0.05, 0) is 43.5 Å². The summed E-state index contributed by atoms with van der Waals surface area (Å²) in [7, 11) is 1.61. The Labute approximate surface area is 184 Å². The Morgan fingerprint density at radius 2 is 1.87 bits per heavy atom. The molecule has 0 heterocycles. The zero-order valence-corrected chi connectivity index (χ0v) is 18.4. The van der Waals surface area contributed by atoms with E-state index in [4.69, 9.17) is 25.4 Å². The van der Waals surface area contributed by atoms with E-state index >= 15 is 0 Å². The molecule has 1 atom stereocenters. The van der Waals surface area contributed by atoms with Crippen molar-refractivity contribution in [3.8, 4) is 23.8 Å². The van der Waals surface area contributed by atoms with Gasteiger partial charge in [-0.2, -0.15) is 0 Å². The molecule has 0 aromatic heterocycles. The minimum absolute atomic E-state index is 0.0430. The average molecular weight is 426 g/mol. The van der Waals surface area contributed by atoms with Crippen LogP contribution in [0.3, 0.4) is 0 Å². The van der Waals surface area contributed by atoms with Crippen molar-refractivity contribution in [1.29, 1.82) is 0 Å². The van der Waals surface area contributed by atoms with E-state index in [9.17, 15) is 4.79 Å². The Morgan fingerprint density at radius 1 is 1.10 bits per heavy atom. The van der Waals surface area contributed by atoms with Crippen LogP contribution in [0.4, 0.5) is 0 Å². The Bertz CT molecular complexity index is 845. The van der Waals surface area contributed by atoms with Crippen molar-refractivity contribution in [2.45, 2.75) is 39.1 Å². The quantitative estimate of drug-likeness (QED) is 0.499. The normalized spacial score (nSPS) is 11.6. The zero-order valence-electron chi connectivity index (χ0n) is 18.4. The van der Waals surface area contributed by atoms with Crippen LogP contribution in [-0.2, 0) is 27.3 Å². The van der Waals surface area contributed by atoms with Crippen LogP contribution in [0.15, 0.2) is 48.5 Å². The fourth-order valence-corrected chi connectivity index (χ4v) is 2.87. The second-order valence-corrected chi connectivity index (χ2v) is 7.20. The Morgan fingerprint density at radius 3 is 2.55 bits per heavy atom. The molecule has 2 aromatic carbocycles. The van der Waals surface area contributed by atoms with Crippen molar-refractivity contribution in [2.24, 2.45) is 0 Å². The first-order valence-electron chi connectivity index (χ1n) is 10.3. The van der Waals surface area contributed by atoms with Crippen LogP contribution in [-0.4, -0.2) is 45.0 Å². The van der Waals surface area contributed by atoms with Crippen molar-refractivity contribution in [2.75, 3.05) is 26.9 Å². The highest BCUT2D eigenvalue weighted by molar-refractivity contribution is 5.80. The molecule has 6 heteroatoms. The Kier molecular flexibility index (Phi) is 10.4. The average Bonchev–Trinajstić information content (AvgIpc) is 2.77. The third kappa shape index (κ3) is 8.71. The summed E-state index contributed by atoms with van der Waals surface area (Å²) in [5.41, 5.74) is 2.05. The van der Waals surface area contributed by atoms with Gasteiger partial charge < -0.3 is 24.3 Å². The number of hydrogen-bond donors (Lipinski definition) is 1. The van der Waals surface area contributed by atoms with Crippen LogP contribution in [0.5, 0.6) is 11.5 Å². The van der Waals surface area contributed by atoms with E-state index in [1.165, 1.54) is 0 Å². The highest BCUT2D eigenvalue weighted by atomic mass is 16.5. The molecule has 0 bridgehead atoms. The maximum atomic E-state index is 12.6. The molecular formula is C25H31NO5. The molecule has 31 heavy (non-hydrogen) atoms. The van der Waals surface area contributed by atoms with E-state index in [1.807, 2.05) is 62.4 Å². The van der Waals surface area contributed by atoms with Crippen molar-refractivity contribution in [3.63, 3.8) is 0 Å². The van der Waals surface area contributed by atoms with E-state index in [0.717, 1.165) is 11.1 Å². The topological polar surface area (TPSA) is 66.0 Å². The summed E-state index contributed by atoms with van der Waals surface area (Å²) < 4.78 is 22.3. The van der Waals surface area contributed by atoms with Gasteiger partial charge in [0.1, 0.15) is 6.61 Å². The monoisotopic (exact) mass is 425 g/mol. The number of carbonyl (C=O) groups is 1. The fraction of sp³-hybridized carbons (Fsp3) is 0.400. The number of carbonyl (C=O) groups excluding carboxylic acids is 1. The minimum atomic E-state index is -0.767. The van der Waals surface area contributed by atoms with Crippen molar-refractivity contribution in [1.82, 2.24) is 5.32 Å². The van der Waals surface area contributed by atoms with E-state index in [-0.39, 0.29) is 25.2 Å². The van der Waals surface area contributed by atoms with Gasteiger partial charge in [-0.1, -0.05) is 42.3 Å². The second-order valence-electron chi connectivity index (χ2n) is 7.20. The lowest BCUT2D eigenvalue weighted by Crippen LogP contribution is -2.40. The first-order chi connectivity index (χ1) is 15.0. The zero-order chi connectivity index (χ0) is 22.5. The van der Waals surface area contributed by atoms with Gasteiger partial charge in [0.05, 0.1) is 26.4 Å². The van der Waals surface area contributed by atoms with E-state index < -0.39 is 6.10 Å². The molecule has 6 nitrogen and oxygen atoms in total. The number of ether oxygens (including phenoxy) is 4. The molecule has 0 aliphatic carbocycles. The predicted octanol–water partition coefficient (Wildman–Crippen LogP) is 3.38. The maximum absolute atomic E-state index is 12.6. The van der Waals surface area contributed by atoms with Crippen molar-refractivity contribution >= 4 is 5.91 Å². The summed E-state index contributed by atoms with van der Waals surface area (Å²) in [6.07, 6.45) is 5.20. The molecule has 0 fully saturated rings. The van der Waals surface area contributed by atoms with Gasteiger partial charge in [-0.25, -0.2) is 0 Å². The van der Waals surface area contributed by atoms with E-state index in [0.29, 0.717) is 31.1 Å². The van der Waals surface area contributed by atoms with Gasteiger partial charge in [0.15, 0.2) is 17.6 Å². The molecule has 1 amide bonds. The maximum Gasteiger partial charge on any atom is 0.251 e. The lowest BCUT2D eigenvalue weighted by molar-refractivity contribution is -0.136. The van der Waals surface area contributed by atoms with Crippen LogP contribution in [0.1, 0.15) is 25.0 Å². The number of terminal acetylenes is 1. The summed E-state index contributed by atoms with van der Waals surface area (Å²) in [6.45, 7) is 4.94. The summed E-state index contributed by atoms with van der Waals surface area (Å²) in [5.74, 6) is 3.50. The van der Waals surface area contributed by atoms with Gasteiger partial charge >= 0.3 is 0 Å². The third-order valence-electron chi connectivity index (χ3n) is 4.34. The summed E-state index contributed by atoms with van der Waals surface area (Å²) in [4.78, 5) is 12.6. The van der Waals surface area contributed by atoms with Crippen LogP contribution in [0, 0.1) is 12.3 Å². The first-order valence-corrected chi connectivity index (χ1v) is 10.3. The molecule has 0 aliphatic heterocycles. The van der Waals surface area contributed by atoms with Crippen LogP contribution < -0.4 is 14.8 Å². The standard InChI is InChI=1S/C25H31NO5/c1-5-15-30-24(18-29-17-21-9-7-6-8-10-21)25(27)26-14-13-20-11-12-22(31-19(2)3)23(16-20)28-4/h1,6-12,16,19,24H,13-15,17-18H2,2-4H3,(H,26,27). The minimum Gasteiger partial charge on any atom is -0.493 e. The molecule has 0 spiro atoms. The van der Waals surface area contributed by atoms with Crippen molar-refractivity contribution < 1.29 is 23.7 Å². The highest BCUT2D eigenvalue weighted by Crippen LogP contribution is 2.29. The van der Waals surface area contributed by atoms with Gasteiger partial charge in [-0.3, -0.25) is 4.79 Å². The van der Waals surface area contributed by atoms with Gasteiger partial charge in [-0.15, -0.1) is 6.42 Å². The molecule has 0 radical (unpaired) electrons. The van der Waals surface area contributed by atoms with Gasteiger partial charge in [0.2, 0.25) is 0 Å². The highest BCUT2D eigenvalue weighted by Gasteiger charge is 2.19. The van der Waals surface area contributed by atoms with Gasteiger partial charge in [0, 0.05) is 6.54 Å². The largest absolute Gasteiger partial charge is 0.493 e. The number of amides is 1. The van der Waals surface area contributed by atoms with Crippen LogP contribution in [0.2, 0.25) is 0 Å². The third-order valence-corrected chi connectivity index (χ3v) is 4.34. The molecule has 1 N–H and O–H groups in total. The van der Waals surface area contributed by atoms with Crippen molar-refractivity contribution in [3.05, 3.63) is 59.7 Å². The first kappa shape index (κ1) is 24.3. The molecule has 0 aliphatic rings. The Hall–Kier alpha value is -3.01. The second kappa shape index (κ2) is 13.3. The predicted molar refractivity (Wildman–Crippen MR) is 120 cm³/mol. The molecule has 166 valence electrons. The molecule has 2 rings (SSSR count). The number of hydrogen-bond acceptors (Lipinski definition) is 5. The summed E-state index contributed by atoms with van der Waals surface area (Å²) in [6, 6.07) is 15.5. The number of methoxy groups -OCH3 is 1. The fourth-order valence-electron chi connectivity index (χ4n) is 2.87. The molecule has 1 unspecified atom stereocenters. The van der Waals surface area contributed by atoms with E-state index in [1.54, 1.807) is 7.11 Å².